The van der Waals surface area contributed by atoms with Gasteiger partial charge in [0.05, 0.1) is 12.3 Å². The van der Waals surface area contributed by atoms with Crippen LogP contribution in [0.2, 0.25) is 0 Å². The third kappa shape index (κ3) is 5.33. The van der Waals surface area contributed by atoms with Crippen molar-refractivity contribution in [1.29, 1.82) is 0 Å². The zero-order valence-corrected chi connectivity index (χ0v) is 13.0. The second-order valence-electron chi connectivity index (χ2n) is 5.46. The standard InChI is InChI=1S/C15H29N3O/c1-6-13(3)18-9-7-15(17-18)11-12(2)14(4)16-8-10-19-5/h7,9,12-14,16H,6,8,10-11H2,1-5H3. The van der Waals surface area contributed by atoms with Gasteiger partial charge in [0, 0.05) is 31.9 Å². The molecule has 1 aromatic rings. The molecule has 0 aliphatic heterocycles. The van der Waals surface area contributed by atoms with Gasteiger partial charge in [-0.15, -0.1) is 0 Å². The van der Waals surface area contributed by atoms with Crippen molar-refractivity contribution < 1.29 is 4.74 Å². The molecule has 0 radical (unpaired) electrons. The number of ether oxygens (including phenoxy) is 1. The molecule has 0 aliphatic carbocycles. The van der Waals surface area contributed by atoms with Crippen LogP contribution in [0.4, 0.5) is 0 Å². The summed E-state index contributed by atoms with van der Waals surface area (Å²) in [5, 5.41) is 8.15. The predicted molar refractivity (Wildman–Crippen MR) is 79.4 cm³/mol. The Hall–Kier alpha value is -0.870. The van der Waals surface area contributed by atoms with Crippen molar-refractivity contribution in [2.45, 2.75) is 52.6 Å². The van der Waals surface area contributed by atoms with Crippen LogP contribution >= 0.6 is 0 Å². The molecule has 3 atom stereocenters. The summed E-state index contributed by atoms with van der Waals surface area (Å²) in [5.41, 5.74) is 1.19. The van der Waals surface area contributed by atoms with E-state index in [2.05, 4.69) is 55.1 Å². The van der Waals surface area contributed by atoms with E-state index in [0.717, 1.165) is 26.0 Å². The van der Waals surface area contributed by atoms with Crippen molar-refractivity contribution in [2.24, 2.45) is 5.92 Å². The summed E-state index contributed by atoms with van der Waals surface area (Å²) in [4.78, 5) is 0. The minimum atomic E-state index is 0.476. The lowest BCUT2D eigenvalue weighted by Gasteiger charge is -2.20. The summed E-state index contributed by atoms with van der Waals surface area (Å²) >= 11 is 0. The van der Waals surface area contributed by atoms with Crippen LogP contribution in [0.25, 0.3) is 0 Å². The summed E-state index contributed by atoms with van der Waals surface area (Å²) < 4.78 is 7.13. The number of hydrogen-bond acceptors (Lipinski definition) is 3. The summed E-state index contributed by atoms with van der Waals surface area (Å²) in [5.74, 6) is 0.567. The number of methoxy groups -OCH3 is 1. The van der Waals surface area contributed by atoms with Crippen LogP contribution in [-0.2, 0) is 11.2 Å². The van der Waals surface area contributed by atoms with Crippen LogP contribution in [0.5, 0.6) is 0 Å². The van der Waals surface area contributed by atoms with E-state index >= 15 is 0 Å². The lowest BCUT2D eigenvalue weighted by atomic mass is 9.98. The molecule has 0 aromatic carbocycles. The number of rotatable bonds is 9. The smallest absolute Gasteiger partial charge is 0.0627 e. The molecule has 1 heterocycles. The molecule has 0 bridgehead atoms. The Kier molecular flexibility index (Phi) is 7.10. The van der Waals surface area contributed by atoms with Crippen molar-refractivity contribution in [1.82, 2.24) is 15.1 Å². The highest BCUT2D eigenvalue weighted by Crippen LogP contribution is 2.13. The zero-order valence-electron chi connectivity index (χ0n) is 13.0. The number of hydrogen-bond donors (Lipinski definition) is 1. The summed E-state index contributed by atoms with van der Waals surface area (Å²) in [6.45, 7) is 10.6. The number of aromatic nitrogens is 2. The Balaban J connectivity index is 2.42. The van der Waals surface area contributed by atoms with Crippen molar-refractivity contribution in [3.8, 4) is 0 Å². The maximum atomic E-state index is 5.05. The first-order valence-electron chi connectivity index (χ1n) is 7.34. The first-order chi connectivity index (χ1) is 9.08. The quantitative estimate of drug-likeness (QED) is 0.699. The van der Waals surface area contributed by atoms with Gasteiger partial charge in [-0.3, -0.25) is 4.68 Å². The Morgan fingerprint density at radius 3 is 2.74 bits per heavy atom. The maximum Gasteiger partial charge on any atom is 0.0627 e. The van der Waals surface area contributed by atoms with E-state index in [0.29, 0.717) is 18.0 Å². The average molecular weight is 267 g/mol. The molecule has 19 heavy (non-hydrogen) atoms. The fraction of sp³-hybridized carbons (Fsp3) is 0.800. The van der Waals surface area contributed by atoms with Gasteiger partial charge in [0.15, 0.2) is 0 Å². The van der Waals surface area contributed by atoms with E-state index in [9.17, 15) is 0 Å². The fourth-order valence-electron chi connectivity index (χ4n) is 2.02. The molecule has 1 N–H and O–H groups in total. The van der Waals surface area contributed by atoms with Gasteiger partial charge in [-0.1, -0.05) is 13.8 Å². The zero-order chi connectivity index (χ0) is 14.3. The van der Waals surface area contributed by atoms with Gasteiger partial charge in [0.25, 0.3) is 0 Å². The van der Waals surface area contributed by atoms with E-state index in [-0.39, 0.29) is 0 Å². The monoisotopic (exact) mass is 267 g/mol. The Morgan fingerprint density at radius 2 is 2.11 bits per heavy atom. The summed E-state index contributed by atoms with van der Waals surface area (Å²) in [7, 11) is 1.73. The van der Waals surface area contributed by atoms with Crippen molar-refractivity contribution in [2.75, 3.05) is 20.3 Å². The number of nitrogens with zero attached hydrogens (tertiary/aromatic N) is 2. The molecule has 0 aliphatic rings. The molecular weight excluding hydrogens is 238 g/mol. The van der Waals surface area contributed by atoms with Gasteiger partial charge in [-0.25, -0.2) is 0 Å². The molecule has 0 fully saturated rings. The van der Waals surface area contributed by atoms with Gasteiger partial charge in [-0.05, 0) is 38.7 Å². The molecular formula is C15H29N3O. The minimum Gasteiger partial charge on any atom is -0.383 e. The van der Waals surface area contributed by atoms with E-state index in [1.165, 1.54) is 5.69 Å². The lowest BCUT2D eigenvalue weighted by molar-refractivity contribution is 0.192. The van der Waals surface area contributed by atoms with Gasteiger partial charge in [-0.2, -0.15) is 5.10 Å². The number of nitrogens with one attached hydrogen (secondary N) is 1. The molecule has 0 spiro atoms. The van der Waals surface area contributed by atoms with Crippen LogP contribution in [0.1, 0.15) is 45.9 Å². The van der Waals surface area contributed by atoms with E-state index in [1.807, 2.05) is 0 Å². The Labute approximate surface area is 117 Å². The van der Waals surface area contributed by atoms with Crippen LogP contribution in [0.15, 0.2) is 12.3 Å². The minimum absolute atomic E-state index is 0.476. The van der Waals surface area contributed by atoms with E-state index < -0.39 is 0 Å². The van der Waals surface area contributed by atoms with Crippen molar-refractivity contribution >= 4 is 0 Å². The highest BCUT2D eigenvalue weighted by molar-refractivity contribution is 5.01. The van der Waals surface area contributed by atoms with Crippen LogP contribution in [0.3, 0.4) is 0 Å². The maximum absolute atomic E-state index is 5.05. The Bertz CT molecular complexity index is 351. The van der Waals surface area contributed by atoms with Crippen LogP contribution < -0.4 is 5.32 Å². The topological polar surface area (TPSA) is 39.1 Å². The molecule has 4 nitrogen and oxygen atoms in total. The van der Waals surface area contributed by atoms with Crippen LogP contribution in [-0.4, -0.2) is 36.1 Å². The molecule has 0 saturated heterocycles. The molecule has 1 rings (SSSR count). The molecule has 4 heteroatoms. The first-order valence-corrected chi connectivity index (χ1v) is 7.34. The highest BCUT2D eigenvalue weighted by Gasteiger charge is 2.14. The second kappa shape index (κ2) is 8.33. The van der Waals surface area contributed by atoms with Crippen molar-refractivity contribution in [3.05, 3.63) is 18.0 Å². The molecule has 0 amide bonds. The van der Waals surface area contributed by atoms with Gasteiger partial charge in [0.1, 0.15) is 0 Å². The lowest BCUT2D eigenvalue weighted by Crippen LogP contribution is -2.35. The predicted octanol–water partition coefficient (Wildman–Crippen LogP) is 2.66. The molecule has 110 valence electrons. The van der Waals surface area contributed by atoms with Gasteiger partial charge in [0.2, 0.25) is 0 Å². The first kappa shape index (κ1) is 16.2. The third-order valence-electron chi connectivity index (χ3n) is 3.86. The van der Waals surface area contributed by atoms with Gasteiger partial charge < -0.3 is 10.1 Å². The third-order valence-corrected chi connectivity index (χ3v) is 3.86. The molecule has 1 aromatic heterocycles. The summed E-state index contributed by atoms with van der Waals surface area (Å²) in [6, 6.07) is 3.11. The fourth-order valence-corrected chi connectivity index (χ4v) is 2.02. The highest BCUT2D eigenvalue weighted by atomic mass is 16.5. The van der Waals surface area contributed by atoms with Gasteiger partial charge >= 0.3 is 0 Å². The molecule has 3 unspecified atom stereocenters. The Morgan fingerprint density at radius 1 is 1.37 bits per heavy atom. The molecule has 0 saturated carbocycles. The van der Waals surface area contributed by atoms with Crippen molar-refractivity contribution in [3.63, 3.8) is 0 Å². The van der Waals surface area contributed by atoms with E-state index in [1.54, 1.807) is 7.11 Å². The largest absolute Gasteiger partial charge is 0.383 e. The van der Waals surface area contributed by atoms with Crippen LogP contribution in [0, 0.1) is 5.92 Å². The second-order valence-corrected chi connectivity index (χ2v) is 5.46. The average Bonchev–Trinajstić information content (AvgIpc) is 2.86. The normalized spacial score (nSPS) is 16.3. The summed E-state index contributed by atoms with van der Waals surface area (Å²) in [6.07, 6.45) is 4.23. The van der Waals surface area contributed by atoms with E-state index in [4.69, 9.17) is 4.74 Å². The SMILES string of the molecule is CCC(C)n1ccc(CC(C)C(C)NCCOC)n1.